The van der Waals surface area contributed by atoms with E-state index in [2.05, 4.69) is 72.1 Å². The first-order valence-electron chi connectivity index (χ1n) is 11.9. The number of imide groups is 1. The molecule has 0 radical (unpaired) electrons. The third-order valence-corrected chi connectivity index (χ3v) is 7.84. The van der Waals surface area contributed by atoms with Crippen LogP contribution in [-0.2, 0) is 9.59 Å². The van der Waals surface area contributed by atoms with Gasteiger partial charge in [-0.1, -0.05) is 28.9 Å². The number of nitrogens with one attached hydrogen (secondary N) is 1. The monoisotopic (exact) mass is 567 g/mol. The zero-order chi connectivity index (χ0) is 26.2. The van der Waals surface area contributed by atoms with Gasteiger partial charge in [0.15, 0.2) is 0 Å². The molecule has 36 heavy (non-hydrogen) atoms. The molecule has 2 aliphatic heterocycles. The quantitative estimate of drug-likeness (QED) is 0.387. The highest BCUT2D eigenvalue weighted by Gasteiger charge is 2.37. The molecule has 0 unspecified atom stereocenters. The van der Waals surface area contributed by atoms with Crippen LogP contribution in [0.1, 0.15) is 50.8 Å². The average molecular weight is 569 g/mol. The average Bonchev–Trinajstić information content (AvgIpc) is 3.06. The number of fused-ring (bicyclic) bond motifs is 1. The van der Waals surface area contributed by atoms with Crippen LogP contribution in [0.3, 0.4) is 0 Å². The normalized spacial score (nSPS) is 17.9. The molecular weight excluding hydrogens is 538 g/mol. The highest BCUT2D eigenvalue weighted by atomic mass is 79.9. The lowest BCUT2D eigenvalue weighted by Crippen LogP contribution is -2.45. The van der Waals surface area contributed by atoms with Gasteiger partial charge >= 0.3 is 0 Å². The molecule has 0 atom stereocenters. The highest BCUT2D eigenvalue weighted by molar-refractivity contribution is 9.10. The lowest BCUT2D eigenvalue weighted by Gasteiger charge is -2.43. The van der Waals surface area contributed by atoms with Crippen molar-refractivity contribution < 1.29 is 14.4 Å². The number of carbonyl (C=O) groups is 3. The summed E-state index contributed by atoms with van der Waals surface area (Å²) in [6, 6.07) is 11.4. The summed E-state index contributed by atoms with van der Waals surface area (Å²) in [5.74, 6) is -0.876. The van der Waals surface area contributed by atoms with Gasteiger partial charge < -0.3 is 10.2 Å². The number of amides is 3. The smallest absolute Gasteiger partial charge is 0.294 e. The van der Waals surface area contributed by atoms with Crippen molar-refractivity contribution in [3.05, 3.63) is 68.5 Å². The van der Waals surface area contributed by atoms with E-state index in [4.69, 9.17) is 0 Å². The van der Waals surface area contributed by atoms with Crippen molar-refractivity contribution in [1.29, 1.82) is 0 Å². The Balaban J connectivity index is 1.57. The van der Waals surface area contributed by atoms with E-state index in [9.17, 15) is 14.4 Å². The molecular formula is C28H30BrN3O3S. The first-order valence-corrected chi connectivity index (χ1v) is 13.5. The van der Waals surface area contributed by atoms with Crippen LogP contribution >= 0.6 is 27.7 Å². The summed E-state index contributed by atoms with van der Waals surface area (Å²) in [6.07, 6.45) is 5.09. The fraction of sp³-hybridized carbons (Fsp3) is 0.321. The van der Waals surface area contributed by atoms with Crippen LogP contribution in [0, 0.1) is 6.92 Å². The fourth-order valence-electron chi connectivity index (χ4n) is 4.69. The molecule has 0 spiro atoms. The molecule has 0 bridgehead atoms. The van der Waals surface area contributed by atoms with Gasteiger partial charge in [-0.15, -0.1) is 0 Å². The van der Waals surface area contributed by atoms with E-state index in [1.807, 2.05) is 6.92 Å². The maximum Gasteiger partial charge on any atom is 0.294 e. The highest BCUT2D eigenvalue weighted by Crippen LogP contribution is 2.41. The van der Waals surface area contributed by atoms with E-state index in [1.54, 1.807) is 30.3 Å². The van der Waals surface area contributed by atoms with Gasteiger partial charge in [-0.05, 0) is 105 Å². The third kappa shape index (κ3) is 5.30. The molecule has 0 aliphatic carbocycles. The zero-order valence-electron chi connectivity index (χ0n) is 21.1. The maximum absolute atomic E-state index is 13.0. The van der Waals surface area contributed by atoms with E-state index in [-0.39, 0.29) is 12.1 Å². The Morgan fingerprint density at radius 2 is 1.83 bits per heavy atom. The Labute approximate surface area is 224 Å². The van der Waals surface area contributed by atoms with Gasteiger partial charge in [-0.25, -0.2) is 0 Å². The molecule has 2 aliphatic rings. The van der Waals surface area contributed by atoms with Crippen molar-refractivity contribution in [1.82, 2.24) is 4.90 Å². The number of thioether (sulfide) groups is 1. The molecule has 3 amide bonds. The first-order chi connectivity index (χ1) is 17.0. The summed E-state index contributed by atoms with van der Waals surface area (Å²) in [4.78, 5) is 41.9. The van der Waals surface area contributed by atoms with Crippen LogP contribution in [0.25, 0.3) is 11.6 Å². The van der Waals surface area contributed by atoms with Crippen LogP contribution in [0.2, 0.25) is 0 Å². The molecule has 1 fully saturated rings. The predicted molar refractivity (Wildman–Crippen MR) is 152 cm³/mol. The van der Waals surface area contributed by atoms with Crippen molar-refractivity contribution in [2.75, 3.05) is 23.3 Å². The molecule has 6 nitrogen and oxygen atoms in total. The summed E-state index contributed by atoms with van der Waals surface area (Å²) >= 11 is 4.22. The van der Waals surface area contributed by atoms with Crippen molar-refractivity contribution in [3.63, 3.8) is 0 Å². The number of rotatable bonds is 6. The van der Waals surface area contributed by atoms with E-state index in [1.165, 1.54) is 11.3 Å². The number of benzene rings is 2. The standard InChI is InChI=1S/C28H30BrN3O3S/c1-6-11-32-23-12-17(2)19(13-22(23)18(3)15-28(32,4)5)14-24-26(34)31(27(35)36-24)16-25(33)30-21-9-7-20(29)8-10-21/h7-10,12-15H,6,11,16H2,1-5H3,(H,30,33)/b24-14+. The van der Waals surface area contributed by atoms with Gasteiger partial charge in [0.25, 0.3) is 11.1 Å². The molecule has 1 N–H and O–H groups in total. The van der Waals surface area contributed by atoms with Crippen molar-refractivity contribution >= 4 is 67.8 Å². The van der Waals surface area contributed by atoms with Gasteiger partial charge in [0.2, 0.25) is 5.91 Å². The van der Waals surface area contributed by atoms with Crippen LogP contribution in [0.4, 0.5) is 16.2 Å². The second-order valence-corrected chi connectivity index (χ2v) is 11.6. The molecule has 4 rings (SSSR count). The molecule has 0 aromatic heterocycles. The third-order valence-electron chi connectivity index (χ3n) is 6.40. The summed E-state index contributed by atoms with van der Waals surface area (Å²) < 4.78 is 0.890. The van der Waals surface area contributed by atoms with Crippen molar-refractivity contribution in [2.45, 2.75) is 46.6 Å². The molecule has 8 heteroatoms. The zero-order valence-corrected chi connectivity index (χ0v) is 23.5. The van der Waals surface area contributed by atoms with E-state index in [0.29, 0.717) is 10.6 Å². The van der Waals surface area contributed by atoms with Crippen molar-refractivity contribution in [3.8, 4) is 0 Å². The van der Waals surface area contributed by atoms with Gasteiger partial charge in [0.1, 0.15) is 6.54 Å². The number of aryl methyl sites for hydroxylation is 1. The lowest BCUT2D eigenvalue weighted by atomic mass is 9.86. The Morgan fingerprint density at radius 1 is 1.14 bits per heavy atom. The summed E-state index contributed by atoms with van der Waals surface area (Å²) in [5.41, 5.74) is 5.94. The fourth-order valence-corrected chi connectivity index (χ4v) is 5.78. The molecule has 2 aromatic rings. The summed E-state index contributed by atoms with van der Waals surface area (Å²) in [7, 11) is 0. The Kier molecular flexibility index (Phi) is 7.48. The van der Waals surface area contributed by atoms with Crippen molar-refractivity contribution in [2.24, 2.45) is 0 Å². The van der Waals surface area contributed by atoms with Gasteiger partial charge in [0.05, 0.1) is 10.4 Å². The molecule has 0 saturated carbocycles. The first kappa shape index (κ1) is 26.2. The van der Waals surface area contributed by atoms with E-state index < -0.39 is 17.1 Å². The van der Waals surface area contributed by atoms with E-state index >= 15 is 0 Å². The Bertz CT molecular complexity index is 1300. The molecule has 2 heterocycles. The van der Waals surface area contributed by atoms with Crippen LogP contribution in [-0.4, -0.2) is 40.6 Å². The summed E-state index contributed by atoms with van der Waals surface area (Å²) in [6.45, 7) is 11.4. The minimum absolute atomic E-state index is 0.0828. The molecule has 1 saturated heterocycles. The van der Waals surface area contributed by atoms with Crippen LogP contribution in [0.15, 0.2) is 51.9 Å². The lowest BCUT2D eigenvalue weighted by molar-refractivity contribution is -0.127. The number of carbonyl (C=O) groups excluding carboxylic acids is 3. The van der Waals surface area contributed by atoms with Gasteiger partial charge in [-0.3, -0.25) is 19.3 Å². The van der Waals surface area contributed by atoms with Crippen LogP contribution in [0.5, 0.6) is 0 Å². The second kappa shape index (κ2) is 10.3. The summed E-state index contributed by atoms with van der Waals surface area (Å²) in [5, 5.41) is 2.28. The van der Waals surface area contributed by atoms with Crippen LogP contribution < -0.4 is 10.2 Å². The number of halogens is 1. The number of nitrogens with zero attached hydrogens (tertiary/aromatic N) is 2. The number of hydrogen-bond acceptors (Lipinski definition) is 5. The number of hydrogen-bond donors (Lipinski definition) is 1. The molecule has 2 aromatic carbocycles. The number of allylic oxidation sites excluding steroid dienone is 1. The SMILES string of the molecule is CCCN1c2cc(C)c(/C=C3/SC(=O)N(CC(=O)Nc4ccc(Br)cc4)C3=O)cc2C(C)=CC1(C)C. The second-order valence-electron chi connectivity index (χ2n) is 9.68. The topological polar surface area (TPSA) is 69.7 Å². The van der Waals surface area contributed by atoms with Gasteiger partial charge in [0, 0.05) is 28.0 Å². The Morgan fingerprint density at radius 3 is 2.50 bits per heavy atom. The maximum atomic E-state index is 13.0. The predicted octanol–water partition coefficient (Wildman–Crippen LogP) is 6.84. The molecule has 188 valence electrons. The van der Waals surface area contributed by atoms with E-state index in [0.717, 1.165) is 50.8 Å². The van der Waals surface area contributed by atoms with Gasteiger partial charge in [-0.2, -0.15) is 0 Å². The number of anilines is 2. The minimum atomic E-state index is -0.450. The minimum Gasteiger partial charge on any atom is -0.362 e. The Hall–Kier alpha value is -2.84. The largest absolute Gasteiger partial charge is 0.362 e.